The first kappa shape index (κ1) is 14.2. The van der Waals surface area contributed by atoms with Crippen LogP contribution in [-0.4, -0.2) is 20.6 Å². The molecular weight excluding hydrogens is 280 g/mol. The van der Waals surface area contributed by atoms with Crippen molar-refractivity contribution >= 4 is 21.6 Å². The third kappa shape index (κ3) is 3.14. The molecule has 0 fully saturated rings. The molecule has 0 aliphatic rings. The van der Waals surface area contributed by atoms with E-state index in [-0.39, 0.29) is 0 Å². The van der Waals surface area contributed by atoms with Crippen molar-refractivity contribution in [3.63, 3.8) is 0 Å². The van der Waals surface area contributed by atoms with Gasteiger partial charge in [-0.25, -0.2) is 9.97 Å². The number of rotatable bonds is 5. The Labute approximate surface area is 128 Å². The highest BCUT2D eigenvalue weighted by Crippen LogP contribution is 2.23. The van der Waals surface area contributed by atoms with Crippen LogP contribution in [0.25, 0.3) is 10.2 Å². The maximum absolute atomic E-state index is 4.71. The number of thiazole rings is 1. The van der Waals surface area contributed by atoms with E-state index in [9.17, 15) is 0 Å². The smallest absolute Gasteiger partial charge is 0.114 e. The van der Waals surface area contributed by atoms with Crippen LogP contribution in [0.2, 0.25) is 0 Å². The Kier molecular flexibility index (Phi) is 4.03. The Morgan fingerprint density at radius 3 is 2.86 bits per heavy atom. The molecular formula is C16H20N4S. The summed E-state index contributed by atoms with van der Waals surface area (Å²) >= 11 is 1.76. The molecule has 0 unspecified atom stereocenters. The van der Waals surface area contributed by atoms with Gasteiger partial charge in [-0.3, -0.25) is 0 Å². The van der Waals surface area contributed by atoms with Crippen LogP contribution in [0.1, 0.15) is 30.4 Å². The second-order valence-electron chi connectivity index (χ2n) is 5.49. The standard InChI is InChI=1S/C16H20N4S/c1-11(2)17-8-13-9-18-12(3)20(13)10-16-19-14-6-4-5-7-15(14)21-16/h4-7,9,11,17H,8,10H2,1-3H3. The molecule has 3 rings (SSSR count). The zero-order chi connectivity index (χ0) is 14.8. The quantitative estimate of drug-likeness (QED) is 0.786. The Morgan fingerprint density at radius 2 is 2.10 bits per heavy atom. The van der Waals surface area contributed by atoms with Gasteiger partial charge in [0.05, 0.1) is 22.5 Å². The van der Waals surface area contributed by atoms with Crippen molar-refractivity contribution in [1.82, 2.24) is 19.9 Å². The van der Waals surface area contributed by atoms with Crippen molar-refractivity contribution in [1.29, 1.82) is 0 Å². The first-order chi connectivity index (χ1) is 10.1. The average Bonchev–Trinajstić information content (AvgIpc) is 3.01. The number of para-hydroxylation sites is 1. The zero-order valence-electron chi connectivity index (χ0n) is 12.6. The highest BCUT2D eigenvalue weighted by molar-refractivity contribution is 7.18. The fourth-order valence-electron chi connectivity index (χ4n) is 2.30. The molecule has 0 saturated heterocycles. The lowest BCUT2D eigenvalue weighted by Crippen LogP contribution is -2.23. The number of nitrogens with zero attached hydrogens (tertiary/aromatic N) is 3. The molecule has 0 saturated carbocycles. The number of hydrogen-bond acceptors (Lipinski definition) is 4. The summed E-state index contributed by atoms with van der Waals surface area (Å²) in [6.45, 7) is 7.98. The number of fused-ring (bicyclic) bond motifs is 1. The van der Waals surface area contributed by atoms with Crippen LogP contribution in [-0.2, 0) is 13.1 Å². The van der Waals surface area contributed by atoms with Crippen molar-refractivity contribution in [2.24, 2.45) is 0 Å². The number of aryl methyl sites for hydroxylation is 1. The third-order valence-electron chi connectivity index (χ3n) is 3.46. The highest BCUT2D eigenvalue weighted by Gasteiger charge is 2.10. The van der Waals surface area contributed by atoms with E-state index < -0.39 is 0 Å². The monoisotopic (exact) mass is 300 g/mol. The molecule has 0 radical (unpaired) electrons. The minimum absolute atomic E-state index is 0.469. The van der Waals surface area contributed by atoms with Gasteiger partial charge in [0.15, 0.2) is 0 Å². The molecule has 21 heavy (non-hydrogen) atoms. The molecule has 2 heterocycles. The summed E-state index contributed by atoms with van der Waals surface area (Å²) in [5.74, 6) is 1.04. The van der Waals surface area contributed by atoms with Gasteiger partial charge < -0.3 is 9.88 Å². The molecule has 4 nitrogen and oxygen atoms in total. The molecule has 3 aromatic rings. The third-order valence-corrected chi connectivity index (χ3v) is 4.48. The molecule has 0 bridgehead atoms. The van der Waals surface area contributed by atoms with E-state index in [1.54, 1.807) is 11.3 Å². The molecule has 1 aromatic carbocycles. The van der Waals surface area contributed by atoms with Crippen molar-refractivity contribution in [2.75, 3.05) is 0 Å². The van der Waals surface area contributed by atoms with Gasteiger partial charge in [-0.2, -0.15) is 0 Å². The fraction of sp³-hybridized carbons (Fsp3) is 0.375. The van der Waals surface area contributed by atoms with Crippen LogP contribution in [0.15, 0.2) is 30.5 Å². The largest absolute Gasteiger partial charge is 0.324 e. The number of aromatic nitrogens is 3. The molecule has 1 N–H and O–H groups in total. The van der Waals surface area contributed by atoms with Crippen LogP contribution < -0.4 is 5.32 Å². The van der Waals surface area contributed by atoms with E-state index in [1.165, 1.54) is 10.4 Å². The Morgan fingerprint density at radius 1 is 1.29 bits per heavy atom. The van der Waals surface area contributed by atoms with E-state index in [4.69, 9.17) is 4.98 Å². The molecule has 2 aromatic heterocycles. The highest BCUT2D eigenvalue weighted by atomic mass is 32.1. The average molecular weight is 300 g/mol. The molecule has 5 heteroatoms. The van der Waals surface area contributed by atoms with Gasteiger partial charge in [-0.05, 0) is 19.1 Å². The number of imidazole rings is 1. The predicted molar refractivity (Wildman–Crippen MR) is 87.7 cm³/mol. The van der Waals surface area contributed by atoms with Gasteiger partial charge in [-0.1, -0.05) is 26.0 Å². The second kappa shape index (κ2) is 5.95. The topological polar surface area (TPSA) is 42.7 Å². The SMILES string of the molecule is Cc1ncc(CNC(C)C)n1Cc1nc2ccccc2s1. The summed E-state index contributed by atoms with van der Waals surface area (Å²) in [5.41, 5.74) is 2.29. The lowest BCUT2D eigenvalue weighted by molar-refractivity contribution is 0.561. The van der Waals surface area contributed by atoms with Gasteiger partial charge in [0.1, 0.15) is 10.8 Å². The van der Waals surface area contributed by atoms with Gasteiger partial charge in [0, 0.05) is 18.8 Å². The molecule has 0 aliphatic carbocycles. The molecule has 0 aliphatic heterocycles. The van der Waals surface area contributed by atoms with E-state index in [0.29, 0.717) is 6.04 Å². The van der Waals surface area contributed by atoms with Gasteiger partial charge in [0.2, 0.25) is 0 Å². The van der Waals surface area contributed by atoms with E-state index in [0.717, 1.165) is 29.4 Å². The molecule has 0 amide bonds. The van der Waals surface area contributed by atoms with Crippen LogP contribution in [0.4, 0.5) is 0 Å². The normalized spacial score (nSPS) is 11.6. The predicted octanol–water partition coefficient (Wildman–Crippen LogP) is 3.35. The Hall–Kier alpha value is -1.72. The zero-order valence-corrected chi connectivity index (χ0v) is 13.4. The molecule has 0 atom stereocenters. The lowest BCUT2D eigenvalue weighted by Gasteiger charge is -2.11. The van der Waals surface area contributed by atoms with Crippen molar-refractivity contribution in [2.45, 2.75) is 39.9 Å². The van der Waals surface area contributed by atoms with Gasteiger partial charge in [-0.15, -0.1) is 11.3 Å². The van der Waals surface area contributed by atoms with Gasteiger partial charge in [0.25, 0.3) is 0 Å². The summed E-state index contributed by atoms with van der Waals surface area (Å²) < 4.78 is 3.49. The minimum atomic E-state index is 0.469. The van der Waals surface area contributed by atoms with E-state index in [2.05, 4.69) is 46.9 Å². The molecule has 110 valence electrons. The summed E-state index contributed by atoms with van der Waals surface area (Å²) in [6, 6.07) is 8.75. The number of nitrogens with one attached hydrogen (secondary N) is 1. The van der Waals surface area contributed by atoms with Crippen LogP contribution in [0.5, 0.6) is 0 Å². The van der Waals surface area contributed by atoms with Crippen molar-refractivity contribution < 1.29 is 0 Å². The lowest BCUT2D eigenvalue weighted by atomic mass is 10.3. The van der Waals surface area contributed by atoms with Gasteiger partial charge >= 0.3 is 0 Å². The second-order valence-corrected chi connectivity index (χ2v) is 6.61. The fourth-order valence-corrected chi connectivity index (χ4v) is 3.26. The molecule has 0 spiro atoms. The van der Waals surface area contributed by atoms with Crippen LogP contribution in [0, 0.1) is 6.92 Å². The summed E-state index contributed by atoms with van der Waals surface area (Å²) in [4.78, 5) is 9.16. The maximum Gasteiger partial charge on any atom is 0.114 e. The first-order valence-corrected chi connectivity index (χ1v) is 8.04. The van der Waals surface area contributed by atoms with Crippen LogP contribution >= 0.6 is 11.3 Å². The van der Waals surface area contributed by atoms with Crippen molar-refractivity contribution in [3.8, 4) is 0 Å². The number of benzene rings is 1. The summed E-state index contributed by atoms with van der Waals surface area (Å²) in [7, 11) is 0. The number of hydrogen-bond donors (Lipinski definition) is 1. The van der Waals surface area contributed by atoms with E-state index >= 15 is 0 Å². The van der Waals surface area contributed by atoms with Crippen LogP contribution in [0.3, 0.4) is 0 Å². The summed E-state index contributed by atoms with van der Waals surface area (Å²) in [6.07, 6.45) is 1.96. The van der Waals surface area contributed by atoms with E-state index in [1.807, 2.05) is 19.2 Å². The Balaban J connectivity index is 1.85. The minimum Gasteiger partial charge on any atom is -0.324 e. The maximum atomic E-state index is 4.71. The van der Waals surface area contributed by atoms with Crippen molar-refractivity contribution in [3.05, 3.63) is 47.0 Å². The summed E-state index contributed by atoms with van der Waals surface area (Å²) in [5, 5.41) is 4.58. The Bertz CT molecular complexity index is 709. The first-order valence-electron chi connectivity index (χ1n) is 7.22.